The summed E-state index contributed by atoms with van der Waals surface area (Å²) in [6, 6.07) is 12.8. The predicted molar refractivity (Wildman–Crippen MR) is 173 cm³/mol. The Bertz CT molecular complexity index is 1430. The molecule has 0 radical (unpaired) electrons. The van der Waals surface area contributed by atoms with Gasteiger partial charge in [0.05, 0.1) is 11.0 Å². The highest BCUT2D eigenvalue weighted by Crippen LogP contribution is 2.66. The molecule has 0 aromatic heterocycles. The summed E-state index contributed by atoms with van der Waals surface area (Å²) in [6.07, 6.45) is 4.38. The summed E-state index contributed by atoms with van der Waals surface area (Å²) < 4.78 is 24.5. The minimum Gasteiger partial charge on any atom is -0.504 e. The number of rotatable bonds is 11. The first-order valence-electron chi connectivity index (χ1n) is 16.7. The van der Waals surface area contributed by atoms with Crippen molar-refractivity contribution in [3.63, 3.8) is 0 Å². The van der Waals surface area contributed by atoms with E-state index in [2.05, 4.69) is 22.6 Å². The Hall–Kier alpha value is -3.34. The van der Waals surface area contributed by atoms with Gasteiger partial charge in [0.1, 0.15) is 24.4 Å². The van der Waals surface area contributed by atoms with Crippen molar-refractivity contribution in [2.75, 3.05) is 27.2 Å². The second-order valence-corrected chi connectivity index (χ2v) is 14.4. The van der Waals surface area contributed by atoms with E-state index in [0.717, 1.165) is 43.4 Å². The van der Waals surface area contributed by atoms with Crippen LogP contribution in [0, 0.1) is 0 Å². The minimum atomic E-state index is -0.636. The third-order valence-corrected chi connectivity index (χ3v) is 10.6. The van der Waals surface area contributed by atoms with E-state index in [9.17, 15) is 14.7 Å². The lowest BCUT2D eigenvalue weighted by Crippen LogP contribution is -2.78. The Labute approximate surface area is 272 Å². The molecule has 10 nitrogen and oxygen atoms in total. The number of piperidine rings is 1. The number of phenols is 1. The number of likely N-dealkylation sites (tertiary alicyclic amines) is 1. The molecular formula is C36H49N3O7. The smallest absolute Gasteiger partial charge is 0.407 e. The maximum atomic E-state index is 13.6. The number of nitrogens with one attached hydrogen (secondary N) is 2. The molecular weight excluding hydrogens is 586 g/mol. The van der Waals surface area contributed by atoms with Crippen molar-refractivity contribution in [3.05, 3.63) is 59.2 Å². The fourth-order valence-corrected chi connectivity index (χ4v) is 8.65. The molecule has 2 bridgehead atoms. The zero-order chi connectivity index (χ0) is 32.7. The number of ether oxygens (including phenoxy) is 4. The van der Waals surface area contributed by atoms with E-state index in [1.165, 1.54) is 5.56 Å². The molecule has 2 aromatic rings. The lowest BCUT2D eigenvalue weighted by molar-refractivity contribution is -0.204. The number of benzene rings is 2. The van der Waals surface area contributed by atoms with Crippen LogP contribution in [0.2, 0.25) is 0 Å². The highest BCUT2D eigenvalue weighted by molar-refractivity contribution is 5.76. The SMILES string of the molecule is CO[C@@]12CC[C@H](N[C@@H](CCCCNC(=O)OCc3ccccc3)C(=O)OC(C)(C)C)[C@@H]3Oc4c(O)ccc5c4C31CCN(C)C2C5. The van der Waals surface area contributed by atoms with E-state index in [-0.39, 0.29) is 36.5 Å². The van der Waals surface area contributed by atoms with Gasteiger partial charge in [0.15, 0.2) is 11.5 Å². The van der Waals surface area contributed by atoms with Gasteiger partial charge in [-0.25, -0.2) is 4.79 Å². The van der Waals surface area contributed by atoms with Gasteiger partial charge in [-0.1, -0.05) is 36.4 Å². The third kappa shape index (κ3) is 5.73. The van der Waals surface area contributed by atoms with Crippen LogP contribution in [0.5, 0.6) is 11.5 Å². The number of phenolic OH excluding ortho intramolecular Hbond substituents is 1. The van der Waals surface area contributed by atoms with E-state index in [4.69, 9.17) is 18.9 Å². The standard InChI is InChI=1S/C36H49N3O7/c1-34(2,3)46-32(41)26(13-9-10-19-37-33(42)44-22-23-11-7-6-8-12-23)38-25-16-17-36(43-5)28-21-24-14-15-27(40)30-29(24)35(36,31(25)45-30)18-20-39(28)4/h6-8,11-12,14-15,25-26,28,31,38,40H,9-10,13,16-22H2,1-5H3,(H,37,42)/t25-,26-,28?,31-,35?,36+/m0/s1. The van der Waals surface area contributed by atoms with Gasteiger partial charge in [0.25, 0.3) is 0 Å². The summed E-state index contributed by atoms with van der Waals surface area (Å²) in [5.41, 5.74) is 1.69. The number of methoxy groups -OCH3 is 1. The number of nitrogens with zero attached hydrogens (tertiary/aromatic N) is 1. The molecule has 6 atom stereocenters. The molecule has 2 unspecified atom stereocenters. The summed E-state index contributed by atoms with van der Waals surface area (Å²) in [7, 11) is 4.00. The van der Waals surface area contributed by atoms with Crippen LogP contribution in [0.1, 0.15) is 76.0 Å². The Morgan fingerprint density at radius 1 is 1.13 bits per heavy atom. The van der Waals surface area contributed by atoms with Gasteiger partial charge in [-0.3, -0.25) is 10.1 Å². The molecule has 1 saturated heterocycles. The number of hydrogen-bond acceptors (Lipinski definition) is 9. The number of aromatic hydroxyl groups is 1. The summed E-state index contributed by atoms with van der Waals surface area (Å²) in [4.78, 5) is 28.2. The number of likely N-dealkylation sites (N-methyl/N-ethyl adjacent to an activating group) is 1. The molecule has 2 aromatic carbocycles. The Morgan fingerprint density at radius 2 is 1.91 bits per heavy atom. The molecule has 46 heavy (non-hydrogen) atoms. The average Bonchev–Trinajstić information content (AvgIpc) is 3.38. The summed E-state index contributed by atoms with van der Waals surface area (Å²) in [5.74, 6) is 0.426. The first-order chi connectivity index (χ1) is 22.0. The fraction of sp³-hybridized carbons (Fsp3) is 0.611. The molecule has 2 aliphatic carbocycles. The van der Waals surface area contributed by atoms with Crippen LogP contribution < -0.4 is 15.4 Å². The fourth-order valence-electron chi connectivity index (χ4n) is 8.65. The van der Waals surface area contributed by atoms with Crippen molar-refractivity contribution in [3.8, 4) is 11.5 Å². The summed E-state index contributed by atoms with van der Waals surface area (Å²) in [5, 5.41) is 17.5. The number of amides is 1. The molecule has 2 aliphatic heterocycles. The molecule has 250 valence electrons. The number of esters is 1. The maximum absolute atomic E-state index is 13.6. The highest BCUT2D eigenvalue weighted by Gasteiger charge is 2.73. The second kappa shape index (κ2) is 12.7. The Kier molecular flexibility index (Phi) is 8.99. The number of carbonyl (C=O) groups excluding carboxylic acids is 2. The molecule has 3 N–H and O–H groups in total. The van der Waals surface area contributed by atoms with Gasteiger partial charge in [-0.05, 0) is 96.5 Å². The zero-order valence-corrected chi connectivity index (χ0v) is 27.8. The first kappa shape index (κ1) is 32.6. The average molecular weight is 636 g/mol. The van der Waals surface area contributed by atoms with Gasteiger partial charge < -0.3 is 34.3 Å². The van der Waals surface area contributed by atoms with E-state index in [1.54, 1.807) is 6.07 Å². The van der Waals surface area contributed by atoms with Crippen molar-refractivity contribution in [2.45, 2.75) is 113 Å². The van der Waals surface area contributed by atoms with E-state index >= 15 is 0 Å². The van der Waals surface area contributed by atoms with E-state index in [0.29, 0.717) is 31.6 Å². The number of carbonyl (C=O) groups is 2. The van der Waals surface area contributed by atoms with Gasteiger partial charge in [-0.15, -0.1) is 0 Å². The number of unbranched alkanes of at least 4 members (excludes halogenated alkanes) is 1. The number of alkyl carbamates (subject to hydrolysis) is 1. The van der Waals surface area contributed by atoms with Gasteiger partial charge in [0, 0.05) is 31.3 Å². The van der Waals surface area contributed by atoms with Crippen LogP contribution in [0.25, 0.3) is 0 Å². The van der Waals surface area contributed by atoms with Crippen LogP contribution >= 0.6 is 0 Å². The molecule has 1 amide bonds. The predicted octanol–water partition coefficient (Wildman–Crippen LogP) is 4.60. The number of hydrogen-bond donors (Lipinski definition) is 3. The van der Waals surface area contributed by atoms with Crippen LogP contribution in [-0.2, 0) is 37.4 Å². The first-order valence-corrected chi connectivity index (χ1v) is 16.7. The monoisotopic (exact) mass is 635 g/mol. The zero-order valence-electron chi connectivity index (χ0n) is 27.8. The van der Waals surface area contributed by atoms with Crippen LogP contribution in [0.15, 0.2) is 42.5 Å². The highest BCUT2D eigenvalue weighted by atomic mass is 16.6. The Morgan fingerprint density at radius 3 is 2.65 bits per heavy atom. The van der Waals surface area contributed by atoms with Gasteiger partial charge >= 0.3 is 12.1 Å². The van der Waals surface area contributed by atoms with E-state index in [1.807, 2.05) is 64.3 Å². The van der Waals surface area contributed by atoms with Crippen molar-refractivity contribution in [2.24, 2.45) is 0 Å². The second-order valence-electron chi connectivity index (χ2n) is 14.4. The molecule has 6 rings (SSSR count). The summed E-state index contributed by atoms with van der Waals surface area (Å²) in [6.45, 7) is 7.18. The Balaban J connectivity index is 1.16. The molecule has 2 heterocycles. The van der Waals surface area contributed by atoms with Crippen LogP contribution in [-0.4, -0.2) is 84.7 Å². The molecule has 4 aliphatic rings. The van der Waals surface area contributed by atoms with Crippen molar-refractivity contribution >= 4 is 12.1 Å². The largest absolute Gasteiger partial charge is 0.504 e. The quantitative estimate of drug-likeness (QED) is 0.241. The lowest BCUT2D eigenvalue weighted by Gasteiger charge is -2.65. The van der Waals surface area contributed by atoms with Crippen molar-refractivity contribution < 1.29 is 33.6 Å². The maximum Gasteiger partial charge on any atom is 0.407 e. The van der Waals surface area contributed by atoms with Crippen molar-refractivity contribution in [1.82, 2.24) is 15.5 Å². The van der Waals surface area contributed by atoms with Crippen LogP contribution in [0.4, 0.5) is 4.79 Å². The molecule has 10 heteroatoms. The summed E-state index contributed by atoms with van der Waals surface area (Å²) >= 11 is 0. The molecule has 1 spiro atoms. The topological polar surface area (TPSA) is 119 Å². The van der Waals surface area contributed by atoms with Crippen LogP contribution in [0.3, 0.4) is 0 Å². The van der Waals surface area contributed by atoms with Gasteiger partial charge in [-0.2, -0.15) is 0 Å². The minimum absolute atomic E-state index is 0.155. The molecule has 2 fully saturated rings. The van der Waals surface area contributed by atoms with Gasteiger partial charge in [0.2, 0.25) is 0 Å². The van der Waals surface area contributed by atoms with E-state index < -0.39 is 28.8 Å². The molecule has 1 saturated carbocycles. The van der Waals surface area contributed by atoms with Crippen molar-refractivity contribution in [1.29, 1.82) is 0 Å². The normalized spacial score (nSPS) is 28.5. The third-order valence-electron chi connectivity index (χ3n) is 10.6. The lowest BCUT2D eigenvalue weighted by atomic mass is 9.48.